The molecule has 0 unspecified atom stereocenters. The molecule has 2 aromatic rings. The summed E-state index contributed by atoms with van der Waals surface area (Å²) >= 11 is 5.63. The third kappa shape index (κ3) is 1.47. The molecule has 0 aliphatic rings. The molecule has 2 rings (SSSR count). The molecule has 0 radical (unpaired) electrons. The van der Waals surface area contributed by atoms with E-state index in [2.05, 4.69) is 9.97 Å². The molecule has 2 N–H and O–H groups in total. The van der Waals surface area contributed by atoms with Crippen molar-refractivity contribution >= 4 is 28.3 Å². The summed E-state index contributed by atoms with van der Waals surface area (Å²) in [5.74, 6) is 0. The van der Waals surface area contributed by atoms with Gasteiger partial charge in [-0.3, -0.25) is 19.7 Å². The van der Waals surface area contributed by atoms with E-state index in [1.165, 1.54) is 12.1 Å². The summed E-state index contributed by atoms with van der Waals surface area (Å²) in [6, 6.07) is 2.65. The summed E-state index contributed by atoms with van der Waals surface area (Å²) in [5, 5.41) is 10.6. The Kier molecular flexibility index (Phi) is 2.24. The third-order valence-corrected chi connectivity index (χ3v) is 2.31. The molecule has 8 heteroatoms. The number of aromatic nitrogens is 2. The van der Waals surface area contributed by atoms with Crippen molar-refractivity contribution in [3.05, 3.63) is 48.0 Å². The first-order valence-corrected chi connectivity index (χ1v) is 4.47. The first-order chi connectivity index (χ1) is 7.50. The van der Waals surface area contributed by atoms with Crippen molar-refractivity contribution in [2.45, 2.75) is 0 Å². The van der Waals surface area contributed by atoms with E-state index in [9.17, 15) is 19.7 Å². The number of hydrogen-bond donors (Lipinski definition) is 2. The Morgan fingerprint density at radius 1 is 1.19 bits per heavy atom. The van der Waals surface area contributed by atoms with E-state index in [0.29, 0.717) is 0 Å². The lowest BCUT2D eigenvalue weighted by Crippen LogP contribution is -2.29. The first-order valence-electron chi connectivity index (χ1n) is 4.10. The van der Waals surface area contributed by atoms with Crippen molar-refractivity contribution in [2.75, 3.05) is 0 Å². The van der Waals surface area contributed by atoms with Crippen LogP contribution in [-0.4, -0.2) is 14.9 Å². The number of aromatic amines is 2. The van der Waals surface area contributed by atoms with Gasteiger partial charge in [-0.15, -0.1) is 0 Å². The molecule has 7 nitrogen and oxygen atoms in total. The van der Waals surface area contributed by atoms with Crippen LogP contribution in [0.1, 0.15) is 0 Å². The molecule has 0 aliphatic carbocycles. The Balaban J connectivity index is 3.04. The van der Waals surface area contributed by atoms with Crippen LogP contribution < -0.4 is 11.1 Å². The van der Waals surface area contributed by atoms with Crippen molar-refractivity contribution in [1.82, 2.24) is 9.97 Å². The quantitative estimate of drug-likeness (QED) is 0.437. The lowest BCUT2D eigenvalue weighted by molar-refractivity contribution is -0.383. The largest absolute Gasteiger partial charge is 0.316 e. The van der Waals surface area contributed by atoms with Gasteiger partial charge in [-0.25, -0.2) is 0 Å². The van der Waals surface area contributed by atoms with Crippen LogP contribution in [0.4, 0.5) is 5.69 Å². The highest BCUT2D eigenvalue weighted by molar-refractivity contribution is 6.33. The van der Waals surface area contributed by atoms with E-state index >= 15 is 0 Å². The predicted octanol–water partition coefficient (Wildman–Crippen LogP) is 0.778. The molecular formula is C8H4ClN3O4. The fraction of sp³-hybridized carbons (Fsp3) is 0. The lowest BCUT2D eigenvalue weighted by Gasteiger charge is -2.00. The van der Waals surface area contributed by atoms with Gasteiger partial charge in [0.15, 0.2) is 0 Å². The van der Waals surface area contributed by atoms with Gasteiger partial charge in [0, 0.05) is 0 Å². The van der Waals surface area contributed by atoms with Gasteiger partial charge in [-0.1, -0.05) is 11.6 Å². The number of nitro groups is 1. The minimum absolute atomic E-state index is 0.0953. The van der Waals surface area contributed by atoms with Crippen molar-refractivity contribution in [1.29, 1.82) is 0 Å². The van der Waals surface area contributed by atoms with Crippen LogP contribution in [0.2, 0.25) is 5.02 Å². The summed E-state index contributed by atoms with van der Waals surface area (Å²) in [4.78, 5) is 36.4. The molecule has 1 aromatic carbocycles. The van der Waals surface area contributed by atoms with Crippen molar-refractivity contribution in [2.24, 2.45) is 0 Å². The Hall–Kier alpha value is -2.15. The fourth-order valence-corrected chi connectivity index (χ4v) is 1.55. The van der Waals surface area contributed by atoms with Gasteiger partial charge in [0.25, 0.3) is 0 Å². The standard InChI is InChI=1S/C8H4ClN3O4/c9-3-1-2-4-5(6(3)12(15)16)11-8(14)7(13)10-4/h1-2H,(H,10,13)(H,11,14). The zero-order valence-corrected chi connectivity index (χ0v) is 8.37. The summed E-state index contributed by atoms with van der Waals surface area (Å²) < 4.78 is 0. The molecular weight excluding hydrogens is 238 g/mol. The average molecular weight is 242 g/mol. The van der Waals surface area contributed by atoms with E-state index < -0.39 is 21.7 Å². The van der Waals surface area contributed by atoms with Crippen LogP contribution in [0.25, 0.3) is 11.0 Å². The molecule has 16 heavy (non-hydrogen) atoms. The second-order valence-corrected chi connectivity index (χ2v) is 3.39. The van der Waals surface area contributed by atoms with E-state index in [0.717, 1.165) is 0 Å². The van der Waals surface area contributed by atoms with E-state index in [1.54, 1.807) is 0 Å². The molecule has 1 heterocycles. The highest BCUT2D eigenvalue weighted by Crippen LogP contribution is 2.29. The monoisotopic (exact) mass is 241 g/mol. The third-order valence-electron chi connectivity index (χ3n) is 2.00. The summed E-state index contributed by atoms with van der Waals surface area (Å²) in [5.41, 5.74) is -2.21. The average Bonchev–Trinajstić information content (AvgIpc) is 2.20. The smallest absolute Gasteiger partial charge is 0.314 e. The van der Waals surface area contributed by atoms with Crippen molar-refractivity contribution in [3.8, 4) is 0 Å². The van der Waals surface area contributed by atoms with E-state index in [-0.39, 0.29) is 16.1 Å². The number of rotatable bonds is 1. The highest BCUT2D eigenvalue weighted by atomic mass is 35.5. The molecule has 0 spiro atoms. The number of H-pyrrole nitrogens is 2. The van der Waals surface area contributed by atoms with Crippen LogP contribution in [0.5, 0.6) is 0 Å². The van der Waals surface area contributed by atoms with Gasteiger partial charge >= 0.3 is 16.8 Å². The van der Waals surface area contributed by atoms with Crippen LogP contribution in [-0.2, 0) is 0 Å². The second kappa shape index (κ2) is 3.46. The summed E-state index contributed by atoms with van der Waals surface area (Å²) in [7, 11) is 0. The van der Waals surface area contributed by atoms with Gasteiger partial charge < -0.3 is 9.97 Å². The van der Waals surface area contributed by atoms with E-state index in [4.69, 9.17) is 11.6 Å². The molecule has 0 saturated heterocycles. The first kappa shape index (κ1) is 10.4. The van der Waals surface area contributed by atoms with Gasteiger partial charge in [0.2, 0.25) is 0 Å². The predicted molar refractivity (Wildman–Crippen MR) is 56.9 cm³/mol. The minimum Gasteiger partial charge on any atom is -0.316 e. The van der Waals surface area contributed by atoms with Gasteiger partial charge in [-0.05, 0) is 12.1 Å². The molecule has 0 saturated carbocycles. The molecule has 0 aliphatic heterocycles. The molecule has 0 amide bonds. The number of halogens is 1. The number of fused-ring (bicyclic) bond motifs is 1. The summed E-state index contributed by atoms with van der Waals surface area (Å²) in [6.45, 7) is 0. The summed E-state index contributed by atoms with van der Waals surface area (Å²) in [6.07, 6.45) is 0. The zero-order valence-electron chi connectivity index (χ0n) is 7.61. The van der Waals surface area contributed by atoms with Crippen LogP contribution in [0.15, 0.2) is 21.7 Å². The number of nitrogens with zero attached hydrogens (tertiary/aromatic N) is 1. The normalized spacial score (nSPS) is 10.6. The van der Waals surface area contributed by atoms with Crippen LogP contribution in [0.3, 0.4) is 0 Å². The Morgan fingerprint density at radius 3 is 2.44 bits per heavy atom. The number of benzene rings is 1. The maximum Gasteiger partial charge on any atom is 0.314 e. The zero-order chi connectivity index (χ0) is 11.9. The second-order valence-electron chi connectivity index (χ2n) is 2.98. The lowest BCUT2D eigenvalue weighted by atomic mass is 10.2. The highest BCUT2D eigenvalue weighted by Gasteiger charge is 2.18. The van der Waals surface area contributed by atoms with Crippen molar-refractivity contribution < 1.29 is 4.92 Å². The Labute approximate surface area is 91.8 Å². The van der Waals surface area contributed by atoms with Crippen LogP contribution in [0, 0.1) is 10.1 Å². The maximum absolute atomic E-state index is 11.1. The minimum atomic E-state index is -0.960. The molecule has 82 valence electrons. The number of hydrogen-bond acceptors (Lipinski definition) is 4. The van der Waals surface area contributed by atoms with E-state index in [1.807, 2.05) is 0 Å². The number of nitro benzene ring substituents is 1. The molecule has 0 atom stereocenters. The fourth-order valence-electron chi connectivity index (χ4n) is 1.32. The Bertz CT molecular complexity index is 702. The van der Waals surface area contributed by atoms with Gasteiger partial charge in [0.05, 0.1) is 10.4 Å². The Morgan fingerprint density at radius 2 is 1.81 bits per heavy atom. The van der Waals surface area contributed by atoms with Crippen LogP contribution >= 0.6 is 11.6 Å². The molecule has 0 fully saturated rings. The SMILES string of the molecule is O=c1[nH]c2ccc(Cl)c([N+](=O)[O-])c2[nH]c1=O. The molecule has 1 aromatic heterocycles. The number of nitrogens with one attached hydrogen (secondary N) is 2. The topological polar surface area (TPSA) is 109 Å². The molecule has 0 bridgehead atoms. The maximum atomic E-state index is 11.1. The van der Waals surface area contributed by atoms with Gasteiger partial charge in [0.1, 0.15) is 10.5 Å². The van der Waals surface area contributed by atoms with Gasteiger partial charge in [-0.2, -0.15) is 0 Å². The van der Waals surface area contributed by atoms with Crippen molar-refractivity contribution in [3.63, 3.8) is 0 Å².